The van der Waals surface area contributed by atoms with E-state index in [0.29, 0.717) is 6.04 Å². The van der Waals surface area contributed by atoms with Crippen LogP contribution >= 0.6 is 15.9 Å². The van der Waals surface area contributed by atoms with E-state index >= 15 is 0 Å². The highest BCUT2D eigenvalue weighted by Crippen LogP contribution is 2.28. The van der Waals surface area contributed by atoms with Crippen molar-refractivity contribution in [2.24, 2.45) is 0 Å². The van der Waals surface area contributed by atoms with Crippen molar-refractivity contribution in [3.63, 3.8) is 0 Å². The molecule has 0 fully saturated rings. The highest BCUT2D eigenvalue weighted by molar-refractivity contribution is 9.10. The Morgan fingerprint density at radius 2 is 2.18 bits per heavy atom. The van der Waals surface area contributed by atoms with Crippen molar-refractivity contribution < 1.29 is 0 Å². The summed E-state index contributed by atoms with van der Waals surface area (Å²) in [6.45, 7) is 5.95. The molecule has 0 spiro atoms. The largest absolute Gasteiger partial charge is 0.381 e. The molecular weight excluding hydrogens is 276 g/mol. The van der Waals surface area contributed by atoms with Gasteiger partial charge in [0.2, 0.25) is 0 Å². The van der Waals surface area contributed by atoms with Gasteiger partial charge in [-0.2, -0.15) is 0 Å². The lowest BCUT2D eigenvalue weighted by Crippen LogP contribution is -2.18. The summed E-state index contributed by atoms with van der Waals surface area (Å²) in [5, 5.41) is 3.55. The molecule has 3 heteroatoms. The first-order chi connectivity index (χ1) is 8.04. The minimum atomic E-state index is 0.445. The molecule has 1 unspecified atom stereocenters. The molecule has 0 amide bonds. The van der Waals surface area contributed by atoms with Crippen LogP contribution in [0.3, 0.4) is 0 Å². The van der Waals surface area contributed by atoms with Crippen LogP contribution in [0.25, 0.3) is 0 Å². The Morgan fingerprint density at radius 1 is 1.47 bits per heavy atom. The van der Waals surface area contributed by atoms with Gasteiger partial charge in [0.1, 0.15) is 0 Å². The summed E-state index contributed by atoms with van der Waals surface area (Å²) >= 11 is 3.51. The minimum Gasteiger partial charge on any atom is -0.381 e. The summed E-state index contributed by atoms with van der Waals surface area (Å²) in [7, 11) is 4.12. The SMILES string of the molecule is C=CCCC(C)Nc1cc(Br)ccc1N(C)C. The predicted octanol–water partition coefficient (Wildman–Crippen LogP) is 4.28. The fraction of sp³-hybridized carbons (Fsp3) is 0.429. The van der Waals surface area contributed by atoms with Gasteiger partial charge in [-0.3, -0.25) is 0 Å². The molecule has 0 saturated heterocycles. The lowest BCUT2D eigenvalue weighted by molar-refractivity contribution is 0.719. The third-order valence-electron chi connectivity index (χ3n) is 2.65. The van der Waals surface area contributed by atoms with Crippen LogP contribution in [0.4, 0.5) is 11.4 Å². The number of halogens is 1. The number of rotatable bonds is 6. The fourth-order valence-electron chi connectivity index (χ4n) is 1.72. The zero-order valence-corrected chi connectivity index (χ0v) is 12.4. The maximum absolute atomic E-state index is 3.76. The number of nitrogens with zero attached hydrogens (tertiary/aromatic N) is 1. The Kier molecular flexibility index (Phi) is 5.56. The van der Waals surface area contributed by atoms with Gasteiger partial charge in [-0.1, -0.05) is 22.0 Å². The lowest BCUT2D eigenvalue weighted by Gasteiger charge is -2.22. The number of allylic oxidation sites excluding steroid dienone is 1. The molecule has 94 valence electrons. The van der Waals surface area contributed by atoms with Gasteiger partial charge in [-0.15, -0.1) is 6.58 Å². The molecule has 1 aromatic carbocycles. The van der Waals surface area contributed by atoms with Crippen LogP contribution < -0.4 is 10.2 Å². The molecule has 17 heavy (non-hydrogen) atoms. The van der Waals surface area contributed by atoms with Gasteiger partial charge in [0.25, 0.3) is 0 Å². The number of nitrogens with one attached hydrogen (secondary N) is 1. The summed E-state index contributed by atoms with van der Waals surface area (Å²) in [6, 6.07) is 6.75. The zero-order chi connectivity index (χ0) is 12.8. The highest BCUT2D eigenvalue weighted by Gasteiger charge is 2.08. The van der Waals surface area contributed by atoms with Gasteiger partial charge in [0, 0.05) is 24.6 Å². The molecule has 2 nitrogen and oxygen atoms in total. The minimum absolute atomic E-state index is 0.445. The fourth-order valence-corrected chi connectivity index (χ4v) is 2.08. The molecule has 1 atom stereocenters. The van der Waals surface area contributed by atoms with Crippen LogP contribution in [0.15, 0.2) is 35.3 Å². The van der Waals surface area contributed by atoms with Crippen LogP contribution in [0, 0.1) is 0 Å². The molecule has 0 bridgehead atoms. The van der Waals surface area contributed by atoms with Crippen molar-refractivity contribution in [3.8, 4) is 0 Å². The Labute approximate surface area is 113 Å². The van der Waals surface area contributed by atoms with Crippen LogP contribution in [-0.2, 0) is 0 Å². The third kappa shape index (κ3) is 4.43. The summed E-state index contributed by atoms with van der Waals surface area (Å²) in [5.41, 5.74) is 2.37. The average Bonchev–Trinajstić information content (AvgIpc) is 2.26. The molecule has 1 rings (SSSR count). The number of anilines is 2. The summed E-state index contributed by atoms with van der Waals surface area (Å²) in [4.78, 5) is 2.12. The molecule has 0 radical (unpaired) electrons. The lowest BCUT2D eigenvalue weighted by atomic mass is 10.1. The zero-order valence-electron chi connectivity index (χ0n) is 10.8. The van der Waals surface area contributed by atoms with Gasteiger partial charge in [-0.05, 0) is 38.0 Å². The topological polar surface area (TPSA) is 15.3 Å². The van der Waals surface area contributed by atoms with Gasteiger partial charge in [0.05, 0.1) is 11.4 Å². The van der Waals surface area contributed by atoms with Crippen LogP contribution in [-0.4, -0.2) is 20.1 Å². The van der Waals surface area contributed by atoms with Gasteiger partial charge in [0.15, 0.2) is 0 Å². The molecule has 0 aliphatic heterocycles. The van der Waals surface area contributed by atoms with Crippen LogP contribution in [0.1, 0.15) is 19.8 Å². The van der Waals surface area contributed by atoms with E-state index in [1.807, 2.05) is 6.08 Å². The Bertz CT molecular complexity index is 374. The predicted molar refractivity (Wildman–Crippen MR) is 81.0 cm³/mol. The normalized spacial score (nSPS) is 12.0. The van der Waals surface area contributed by atoms with Crippen molar-refractivity contribution in [1.82, 2.24) is 0 Å². The van der Waals surface area contributed by atoms with E-state index in [9.17, 15) is 0 Å². The quantitative estimate of drug-likeness (QED) is 0.788. The standard InChI is InChI=1S/C14H21BrN2/c1-5-6-7-11(2)16-13-10-12(15)8-9-14(13)17(3)4/h5,8-11,16H,1,6-7H2,2-4H3. The van der Waals surface area contributed by atoms with Crippen molar-refractivity contribution in [2.75, 3.05) is 24.3 Å². The molecule has 1 aromatic rings. The smallest absolute Gasteiger partial charge is 0.0597 e. The summed E-state index contributed by atoms with van der Waals surface area (Å²) < 4.78 is 1.10. The first-order valence-corrected chi connectivity index (χ1v) is 6.68. The molecule has 0 aliphatic carbocycles. The Hall–Kier alpha value is -0.960. The second kappa shape index (κ2) is 6.70. The van der Waals surface area contributed by atoms with Crippen LogP contribution in [0.5, 0.6) is 0 Å². The molecule has 0 aliphatic rings. The average molecular weight is 297 g/mol. The van der Waals surface area contributed by atoms with Gasteiger partial charge in [-0.25, -0.2) is 0 Å². The summed E-state index contributed by atoms with van der Waals surface area (Å²) in [5.74, 6) is 0. The van der Waals surface area contributed by atoms with E-state index in [-0.39, 0.29) is 0 Å². The van der Waals surface area contributed by atoms with Crippen molar-refractivity contribution in [1.29, 1.82) is 0 Å². The first kappa shape index (κ1) is 14.1. The maximum atomic E-state index is 3.76. The number of hydrogen-bond donors (Lipinski definition) is 1. The van der Waals surface area contributed by atoms with Gasteiger partial charge < -0.3 is 10.2 Å². The van der Waals surface area contributed by atoms with E-state index in [4.69, 9.17) is 0 Å². The Morgan fingerprint density at radius 3 is 2.76 bits per heavy atom. The second-order valence-corrected chi connectivity index (χ2v) is 5.38. The van der Waals surface area contributed by atoms with Gasteiger partial charge >= 0.3 is 0 Å². The summed E-state index contributed by atoms with van der Waals surface area (Å²) in [6.07, 6.45) is 4.11. The van der Waals surface area contributed by atoms with E-state index < -0.39 is 0 Å². The van der Waals surface area contributed by atoms with E-state index in [1.54, 1.807) is 0 Å². The van der Waals surface area contributed by atoms with Crippen molar-refractivity contribution >= 4 is 27.3 Å². The Balaban J connectivity index is 2.80. The highest BCUT2D eigenvalue weighted by atomic mass is 79.9. The number of hydrogen-bond acceptors (Lipinski definition) is 2. The molecule has 0 heterocycles. The number of benzene rings is 1. The second-order valence-electron chi connectivity index (χ2n) is 4.47. The molecule has 1 N–H and O–H groups in total. The van der Waals surface area contributed by atoms with Crippen molar-refractivity contribution in [2.45, 2.75) is 25.8 Å². The molecular formula is C14H21BrN2. The monoisotopic (exact) mass is 296 g/mol. The van der Waals surface area contributed by atoms with Crippen LogP contribution in [0.2, 0.25) is 0 Å². The first-order valence-electron chi connectivity index (χ1n) is 5.89. The third-order valence-corrected chi connectivity index (χ3v) is 3.14. The molecule has 0 aromatic heterocycles. The van der Waals surface area contributed by atoms with E-state index in [1.165, 1.54) is 11.4 Å². The maximum Gasteiger partial charge on any atom is 0.0597 e. The van der Waals surface area contributed by atoms with E-state index in [0.717, 1.165) is 17.3 Å². The molecule has 0 saturated carbocycles. The van der Waals surface area contributed by atoms with Crippen molar-refractivity contribution in [3.05, 3.63) is 35.3 Å². The van der Waals surface area contributed by atoms with E-state index in [2.05, 4.69) is 71.9 Å².